The highest BCUT2D eigenvalue weighted by Crippen LogP contribution is 2.44. The van der Waals surface area contributed by atoms with Crippen molar-refractivity contribution in [3.63, 3.8) is 0 Å². The first-order valence-corrected chi connectivity index (χ1v) is 20.2. The van der Waals surface area contributed by atoms with E-state index in [-0.39, 0.29) is 41.5 Å². The number of fused-ring (bicyclic) bond motifs is 8. The molecule has 8 bridgehead atoms. The number of nitrogens with zero attached hydrogens (tertiary/aromatic N) is 2. The van der Waals surface area contributed by atoms with Crippen LogP contribution in [0.15, 0.2) is 18.2 Å². The van der Waals surface area contributed by atoms with Gasteiger partial charge in [0.25, 0.3) is 0 Å². The summed E-state index contributed by atoms with van der Waals surface area (Å²) in [5.74, 6) is -7.33. The molecule has 0 saturated heterocycles. The molecule has 3 aromatic rings. The molecule has 4 atom stereocenters. The van der Waals surface area contributed by atoms with Crippen LogP contribution in [0.4, 0.5) is 0 Å². The highest BCUT2D eigenvalue weighted by atomic mass is 16.5. The number of H-pyrrole nitrogens is 2. The zero-order valence-corrected chi connectivity index (χ0v) is 34.7. The lowest BCUT2D eigenvalue weighted by molar-refractivity contribution is -0.147. The summed E-state index contributed by atoms with van der Waals surface area (Å²) in [5.41, 5.74) is 8.21. The predicted octanol–water partition coefficient (Wildman–Crippen LogP) is 7.51. The number of amides is 1. The molecule has 15 heteroatoms. The maximum Gasteiger partial charge on any atom is 0.338 e. The summed E-state index contributed by atoms with van der Waals surface area (Å²) in [4.78, 5) is 79.4. The number of allylic oxidation sites excluding steroid dienone is 1. The second-order valence-electron chi connectivity index (χ2n) is 15.5. The Kier molecular flexibility index (Phi) is 14.1. The van der Waals surface area contributed by atoms with Crippen LogP contribution in [0.25, 0.3) is 33.2 Å². The lowest BCUT2D eigenvalue weighted by Crippen LogP contribution is -2.43. The fraction of sp³-hybridized carbons (Fsp3) is 0.477. The van der Waals surface area contributed by atoms with Crippen molar-refractivity contribution in [2.45, 2.75) is 130 Å². The van der Waals surface area contributed by atoms with E-state index in [1.54, 1.807) is 13.0 Å². The van der Waals surface area contributed by atoms with Crippen molar-refractivity contribution in [3.05, 3.63) is 68.8 Å². The third-order valence-electron chi connectivity index (χ3n) is 11.5. The number of rotatable bonds is 18. The maximum absolute atomic E-state index is 13.8. The van der Waals surface area contributed by atoms with Crippen LogP contribution in [0.5, 0.6) is 0 Å². The number of aromatic amines is 2. The van der Waals surface area contributed by atoms with E-state index in [9.17, 15) is 44.4 Å². The van der Waals surface area contributed by atoms with Gasteiger partial charge in [-0.25, -0.2) is 14.6 Å². The Labute approximate surface area is 342 Å². The molecule has 3 aromatic heterocycles. The number of carboxylic acids is 4. The number of aryl methyl sites for hydroxylation is 3. The minimum atomic E-state index is -1.77. The standard InChI is InChI=1S/C44H55N5O10/c1-8-10-11-12-15-59-25(7)39-23(5)31-17-30-22(4)27(13-14-37(51)52)41(48-30)28(16-36(50)47-35(43(55)56)20-38(53)54)42-40(44(57)58)24(6)32(49-42)18-33-26(9-2)21(3)29(45-33)19-34(39)46-31/h17-19,22,25,27,35,45-46H,8-16,20H2,1-7H3,(H,47,50)(H,51,52)(H,53,54)(H,55,56)(H,57,58)/t22-,25?,27-,35-/m0/s1. The molecule has 7 N–H and O–H groups in total. The Morgan fingerprint density at radius 2 is 1.54 bits per heavy atom. The molecule has 59 heavy (non-hydrogen) atoms. The van der Waals surface area contributed by atoms with Gasteiger partial charge in [-0.2, -0.15) is 0 Å². The second kappa shape index (κ2) is 18.8. The molecule has 0 aromatic carbocycles. The third kappa shape index (κ3) is 9.73. The van der Waals surface area contributed by atoms with Crippen LogP contribution >= 0.6 is 0 Å². The minimum absolute atomic E-state index is 0.0696. The van der Waals surface area contributed by atoms with E-state index >= 15 is 0 Å². The van der Waals surface area contributed by atoms with Crippen LogP contribution in [-0.2, 0) is 41.6 Å². The topological polar surface area (TPSA) is 245 Å². The number of unbranched alkanes of at least 4 members (excludes halogenated alkanes) is 3. The molecule has 0 fully saturated rings. The van der Waals surface area contributed by atoms with Gasteiger partial charge in [-0.15, -0.1) is 0 Å². The summed E-state index contributed by atoms with van der Waals surface area (Å²) in [7, 11) is 0. The maximum atomic E-state index is 13.8. The number of hydrogen-bond donors (Lipinski definition) is 7. The van der Waals surface area contributed by atoms with Crippen LogP contribution in [0, 0.1) is 13.8 Å². The Hall–Kier alpha value is -5.83. The number of hydrogen-bond acceptors (Lipinski definition) is 8. The summed E-state index contributed by atoms with van der Waals surface area (Å²) in [6.07, 6.45) is 2.93. The van der Waals surface area contributed by atoms with Crippen LogP contribution in [0.1, 0.15) is 148 Å². The highest BCUT2D eigenvalue weighted by Gasteiger charge is 2.36. The summed E-state index contributed by atoms with van der Waals surface area (Å²) >= 11 is 0. The zero-order chi connectivity index (χ0) is 43.3. The molecule has 0 aliphatic carbocycles. The molecular formula is C44H55N5O10. The first-order chi connectivity index (χ1) is 28.0. The fourth-order valence-corrected chi connectivity index (χ4v) is 8.29. The monoisotopic (exact) mass is 813 g/mol. The largest absolute Gasteiger partial charge is 0.481 e. The van der Waals surface area contributed by atoms with Gasteiger partial charge < -0.3 is 40.4 Å². The first-order valence-electron chi connectivity index (χ1n) is 20.2. The lowest BCUT2D eigenvalue weighted by Gasteiger charge is -2.19. The Balaban J connectivity index is 1.90. The van der Waals surface area contributed by atoms with E-state index in [2.05, 4.69) is 28.3 Å². The lowest BCUT2D eigenvalue weighted by atomic mass is 9.84. The van der Waals surface area contributed by atoms with Gasteiger partial charge in [-0.3, -0.25) is 19.4 Å². The number of carbonyl (C=O) groups excluding carboxylic acids is 1. The highest BCUT2D eigenvalue weighted by molar-refractivity contribution is 6.24. The summed E-state index contributed by atoms with van der Waals surface area (Å²) in [6, 6.07) is 3.94. The van der Waals surface area contributed by atoms with Gasteiger partial charge in [-0.05, 0) is 87.4 Å². The molecule has 2 aliphatic rings. The van der Waals surface area contributed by atoms with Gasteiger partial charge in [0.1, 0.15) is 6.04 Å². The van der Waals surface area contributed by atoms with Gasteiger partial charge in [-0.1, -0.05) is 40.0 Å². The number of carbonyl (C=O) groups is 5. The van der Waals surface area contributed by atoms with Crippen molar-refractivity contribution in [1.29, 1.82) is 0 Å². The van der Waals surface area contributed by atoms with Crippen molar-refractivity contribution in [2.75, 3.05) is 6.61 Å². The smallest absolute Gasteiger partial charge is 0.338 e. The normalized spacial score (nSPS) is 16.2. The predicted molar refractivity (Wildman–Crippen MR) is 222 cm³/mol. The van der Waals surface area contributed by atoms with E-state index in [0.717, 1.165) is 64.5 Å². The van der Waals surface area contributed by atoms with E-state index in [1.807, 2.05) is 40.7 Å². The number of aliphatic carboxylic acids is 4. The van der Waals surface area contributed by atoms with Crippen LogP contribution in [0.2, 0.25) is 0 Å². The molecule has 1 unspecified atom stereocenters. The van der Waals surface area contributed by atoms with Crippen LogP contribution < -0.4 is 5.32 Å². The van der Waals surface area contributed by atoms with E-state index in [0.29, 0.717) is 35.5 Å². The molecule has 1 amide bonds. The van der Waals surface area contributed by atoms with Crippen molar-refractivity contribution in [2.24, 2.45) is 0 Å². The van der Waals surface area contributed by atoms with Gasteiger partial charge >= 0.3 is 23.9 Å². The summed E-state index contributed by atoms with van der Waals surface area (Å²) < 4.78 is 6.42. The fourth-order valence-electron chi connectivity index (χ4n) is 8.29. The van der Waals surface area contributed by atoms with E-state index in [1.165, 1.54) is 0 Å². The first kappa shape index (κ1) is 44.3. The zero-order valence-electron chi connectivity index (χ0n) is 34.7. The molecule has 0 radical (unpaired) electrons. The van der Waals surface area contributed by atoms with Gasteiger partial charge in [0, 0.05) is 63.8 Å². The van der Waals surface area contributed by atoms with Crippen LogP contribution in [-0.4, -0.2) is 82.8 Å². The molecule has 5 rings (SSSR count). The van der Waals surface area contributed by atoms with Crippen molar-refractivity contribution < 1.29 is 49.1 Å². The number of ether oxygens (including phenoxy) is 1. The average Bonchev–Trinajstić information content (AvgIpc) is 3.85. The summed E-state index contributed by atoms with van der Waals surface area (Å²) in [5, 5.41) is 41.8. The van der Waals surface area contributed by atoms with E-state index in [4.69, 9.17) is 14.7 Å². The van der Waals surface area contributed by atoms with Crippen molar-refractivity contribution in [3.8, 4) is 0 Å². The van der Waals surface area contributed by atoms with Gasteiger partial charge in [0.2, 0.25) is 5.91 Å². The Morgan fingerprint density at radius 3 is 2.17 bits per heavy atom. The number of carboxylic acid groups (broad SMARTS) is 4. The average molecular weight is 814 g/mol. The molecule has 0 spiro atoms. The second-order valence-corrected chi connectivity index (χ2v) is 15.5. The Morgan fingerprint density at radius 1 is 0.847 bits per heavy atom. The molecule has 0 saturated carbocycles. The molecular weight excluding hydrogens is 759 g/mol. The summed E-state index contributed by atoms with van der Waals surface area (Å²) in [6.45, 7) is 14.3. The van der Waals surface area contributed by atoms with Gasteiger partial charge in [0.15, 0.2) is 0 Å². The quantitative estimate of drug-likeness (QED) is 0.0617. The Bertz CT molecular complexity index is 2360. The third-order valence-corrected chi connectivity index (χ3v) is 11.5. The van der Waals surface area contributed by atoms with Crippen molar-refractivity contribution >= 4 is 63.0 Å². The number of nitrogens with one attached hydrogen (secondary N) is 3. The molecule has 316 valence electrons. The van der Waals surface area contributed by atoms with Crippen molar-refractivity contribution in [1.82, 2.24) is 25.3 Å². The minimum Gasteiger partial charge on any atom is -0.481 e. The van der Waals surface area contributed by atoms with E-state index < -0.39 is 60.5 Å². The SMILES string of the molecule is CCCCCCOC(C)c1c(C)c2cc3nc(c(CC(=O)N[C@@H](CC(=O)O)C(=O)O)c4nc(cc5[nH]c(cc1[nH]2)c(C)c5CC)C(C)=C4C(=O)O)[C@@H](CCC(=O)O)[C@@H]3C. The number of aromatic nitrogens is 4. The van der Waals surface area contributed by atoms with Gasteiger partial charge in [0.05, 0.1) is 41.6 Å². The molecule has 15 nitrogen and oxygen atoms in total. The molecule has 2 aliphatic heterocycles. The molecule has 5 heterocycles. The van der Waals surface area contributed by atoms with Crippen LogP contribution in [0.3, 0.4) is 0 Å².